The third-order valence-electron chi connectivity index (χ3n) is 2.54. The van der Waals surface area contributed by atoms with Gasteiger partial charge in [-0.05, 0) is 26.5 Å². The van der Waals surface area contributed by atoms with Crippen LogP contribution in [-0.4, -0.2) is 26.2 Å². The molecule has 0 aromatic heterocycles. The third-order valence-corrected chi connectivity index (χ3v) is 2.54. The number of ether oxygens (including phenoxy) is 1. The molecule has 2 N–H and O–H groups in total. The van der Waals surface area contributed by atoms with Crippen molar-refractivity contribution < 1.29 is 4.74 Å². The molecule has 0 saturated heterocycles. The van der Waals surface area contributed by atoms with Crippen molar-refractivity contribution in [2.75, 3.05) is 20.2 Å². The van der Waals surface area contributed by atoms with E-state index in [1.54, 1.807) is 0 Å². The summed E-state index contributed by atoms with van der Waals surface area (Å²) in [6, 6.07) is 0.403. The quantitative estimate of drug-likeness (QED) is 0.625. The van der Waals surface area contributed by atoms with Crippen molar-refractivity contribution in [1.29, 1.82) is 0 Å². The smallest absolute Gasteiger partial charge is 0.139 e. The highest BCUT2D eigenvalue weighted by molar-refractivity contribution is 5.33. The Morgan fingerprint density at radius 1 is 1.62 bits per heavy atom. The first-order chi connectivity index (χ1) is 6.31. The molecule has 0 saturated carbocycles. The first-order valence-corrected chi connectivity index (χ1v) is 4.76. The van der Waals surface area contributed by atoms with Gasteiger partial charge in [0.1, 0.15) is 12.4 Å². The van der Waals surface area contributed by atoms with Gasteiger partial charge in [-0.25, -0.2) is 0 Å². The fraction of sp³-hybridized carbons (Fsp3) is 0.600. The van der Waals surface area contributed by atoms with E-state index in [1.165, 1.54) is 11.3 Å². The number of hydrogen-bond donors (Lipinski definition) is 2. The molecule has 13 heavy (non-hydrogen) atoms. The van der Waals surface area contributed by atoms with E-state index in [4.69, 9.17) is 4.74 Å². The molecule has 3 heteroatoms. The van der Waals surface area contributed by atoms with Gasteiger partial charge < -0.3 is 15.4 Å². The second kappa shape index (κ2) is 3.42. The van der Waals surface area contributed by atoms with Gasteiger partial charge >= 0.3 is 0 Å². The molecule has 2 rings (SSSR count). The van der Waals surface area contributed by atoms with E-state index in [9.17, 15) is 0 Å². The Kier molecular flexibility index (Phi) is 2.27. The third kappa shape index (κ3) is 1.56. The van der Waals surface area contributed by atoms with Crippen LogP contribution in [0.4, 0.5) is 0 Å². The van der Waals surface area contributed by atoms with E-state index in [0.29, 0.717) is 6.04 Å². The van der Waals surface area contributed by atoms with Gasteiger partial charge in [-0.2, -0.15) is 0 Å². The highest BCUT2D eigenvalue weighted by Crippen LogP contribution is 2.24. The minimum Gasteiger partial charge on any atom is -0.490 e. The summed E-state index contributed by atoms with van der Waals surface area (Å²) >= 11 is 0. The zero-order valence-corrected chi connectivity index (χ0v) is 8.18. The van der Waals surface area contributed by atoms with E-state index < -0.39 is 0 Å². The Balaban J connectivity index is 2.28. The van der Waals surface area contributed by atoms with E-state index in [-0.39, 0.29) is 0 Å². The fourth-order valence-electron chi connectivity index (χ4n) is 1.88. The SMILES string of the molecule is CNC1CC(C)=CC2=C1NCCO2. The molecule has 1 aliphatic heterocycles. The van der Waals surface area contributed by atoms with Gasteiger partial charge in [0, 0.05) is 6.54 Å². The summed E-state index contributed by atoms with van der Waals surface area (Å²) in [6.07, 6.45) is 3.21. The van der Waals surface area contributed by atoms with Crippen molar-refractivity contribution in [1.82, 2.24) is 10.6 Å². The van der Waals surface area contributed by atoms with E-state index in [0.717, 1.165) is 25.3 Å². The first-order valence-electron chi connectivity index (χ1n) is 4.76. The molecule has 0 aromatic carbocycles. The number of hydrogen-bond acceptors (Lipinski definition) is 3. The molecule has 1 atom stereocenters. The van der Waals surface area contributed by atoms with Crippen LogP contribution < -0.4 is 10.6 Å². The van der Waals surface area contributed by atoms with Gasteiger partial charge in [-0.3, -0.25) is 0 Å². The van der Waals surface area contributed by atoms with Crippen molar-refractivity contribution in [3.8, 4) is 0 Å². The lowest BCUT2D eigenvalue weighted by molar-refractivity contribution is 0.194. The largest absolute Gasteiger partial charge is 0.490 e. The Bertz CT molecular complexity index is 268. The van der Waals surface area contributed by atoms with E-state index in [2.05, 4.69) is 23.6 Å². The van der Waals surface area contributed by atoms with Crippen LogP contribution in [-0.2, 0) is 4.74 Å². The highest BCUT2D eigenvalue weighted by Gasteiger charge is 2.24. The standard InChI is InChI=1S/C10H16N2O/c1-7-5-8(11-2)10-9(6-7)13-4-3-12-10/h6,8,11-12H,3-5H2,1-2H3. The maximum atomic E-state index is 5.59. The molecule has 1 unspecified atom stereocenters. The van der Waals surface area contributed by atoms with Gasteiger partial charge in [0.15, 0.2) is 0 Å². The first kappa shape index (κ1) is 8.63. The van der Waals surface area contributed by atoms with Crippen LogP contribution in [0.5, 0.6) is 0 Å². The summed E-state index contributed by atoms with van der Waals surface area (Å²) in [7, 11) is 1.99. The van der Waals surface area contributed by atoms with Crippen molar-refractivity contribution >= 4 is 0 Å². The van der Waals surface area contributed by atoms with Crippen molar-refractivity contribution in [2.45, 2.75) is 19.4 Å². The lowest BCUT2D eigenvalue weighted by Crippen LogP contribution is -2.41. The average Bonchev–Trinajstić information content (AvgIpc) is 2.16. The van der Waals surface area contributed by atoms with Crippen molar-refractivity contribution in [3.05, 3.63) is 23.1 Å². The molecule has 0 bridgehead atoms. The molecule has 1 aliphatic carbocycles. The second-order valence-corrected chi connectivity index (χ2v) is 3.59. The number of nitrogens with one attached hydrogen (secondary N) is 2. The average molecular weight is 180 g/mol. The second-order valence-electron chi connectivity index (χ2n) is 3.59. The van der Waals surface area contributed by atoms with E-state index >= 15 is 0 Å². The van der Waals surface area contributed by atoms with Gasteiger partial charge in [-0.15, -0.1) is 0 Å². The molecule has 0 aromatic rings. The molecule has 2 aliphatic rings. The molecule has 1 heterocycles. The van der Waals surface area contributed by atoms with Crippen LogP contribution in [0.1, 0.15) is 13.3 Å². The number of likely N-dealkylation sites (N-methyl/N-ethyl adjacent to an activating group) is 1. The molecular formula is C10H16N2O. The predicted molar refractivity (Wildman–Crippen MR) is 52.2 cm³/mol. The Labute approximate surface area is 78.8 Å². The van der Waals surface area contributed by atoms with Crippen LogP contribution in [0.3, 0.4) is 0 Å². The summed E-state index contributed by atoms with van der Waals surface area (Å²) in [5.74, 6) is 1.02. The van der Waals surface area contributed by atoms with Gasteiger partial charge in [0.05, 0.1) is 11.7 Å². The summed E-state index contributed by atoms with van der Waals surface area (Å²) in [4.78, 5) is 0. The number of allylic oxidation sites excluding steroid dienone is 1. The summed E-state index contributed by atoms with van der Waals surface area (Å²) in [5.41, 5.74) is 2.60. The minimum atomic E-state index is 0.403. The lowest BCUT2D eigenvalue weighted by atomic mass is 9.97. The molecule has 0 amide bonds. The molecule has 72 valence electrons. The highest BCUT2D eigenvalue weighted by atomic mass is 16.5. The maximum Gasteiger partial charge on any atom is 0.139 e. The predicted octanol–water partition coefficient (Wildman–Crippen LogP) is 0.756. The Morgan fingerprint density at radius 3 is 3.23 bits per heavy atom. The van der Waals surface area contributed by atoms with E-state index in [1.807, 2.05) is 7.05 Å². The van der Waals surface area contributed by atoms with Crippen molar-refractivity contribution in [2.24, 2.45) is 0 Å². The van der Waals surface area contributed by atoms with Crippen LogP contribution in [0.2, 0.25) is 0 Å². The lowest BCUT2D eigenvalue weighted by Gasteiger charge is -2.31. The molecule has 0 radical (unpaired) electrons. The molecule has 0 fully saturated rings. The number of rotatable bonds is 1. The Hall–Kier alpha value is -0.960. The summed E-state index contributed by atoms with van der Waals surface area (Å²) < 4.78 is 5.59. The summed E-state index contributed by atoms with van der Waals surface area (Å²) in [6.45, 7) is 3.84. The van der Waals surface area contributed by atoms with Crippen molar-refractivity contribution in [3.63, 3.8) is 0 Å². The van der Waals surface area contributed by atoms with Crippen LogP contribution in [0.25, 0.3) is 0 Å². The Morgan fingerprint density at radius 2 is 2.46 bits per heavy atom. The zero-order valence-electron chi connectivity index (χ0n) is 8.18. The maximum absolute atomic E-state index is 5.59. The monoisotopic (exact) mass is 180 g/mol. The normalized spacial score (nSPS) is 27.2. The summed E-state index contributed by atoms with van der Waals surface area (Å²) in [5, 5.41) is 6.68. The van der Waals surface area contributed by atoms with Gasteiger partial charge in [0.25, 0.3) is 0 Å². The molecular weight excluding hydrogens is 164 g/mol. The topological polar surface area (TPSA) is 33.3 Å². The van der Waals surface area contributed by atoms with Gasteiger partial charge in [-0.1, -0.05) is 5.57 Å². The molecule has 0 spiro atoms. The fourth-order valence-corrected chi connectivity index (χ4v) is 1.88. The van der Waals surface area contributed by atoms with Crippen LogP contribution in [0.15, 0.2) is 23.1 Å². The van der Waals surface area contributed by atoms with Crippen LogP contribution in [0, 0.1) is 0 Å². The van der Waals surface area contributed by atoms with Gasteiger partial charge in [0.2, 0.25) is 0 Å². The zero-order chi connectivity index (χ0) is 9.26. The molecule has 3 nitrogen and oxygen atoms in total. The minimum absolute atomic E-state index is 0.403. The van der Waals surface area contributed by atoms with Crippen LogP contribution >= 0.6 is 0 Å².